The van der Waals surface area contributed by atoms with Gasteiger partial charge in [-0.25, -0.2) is 4.79 Å². The highest BCUT2D eigenvalue weighted by Crippen LogP contribution is 2.38. The van der Waals surface area contributed by atoms with Crippen LogP contribution < -0.4 is 10.6 Å². The molecule has 2 fully saturated rings. The first-order valence-electron chi connectivity index (χ1n) is 19.0. The van der Waals surface area contributed by atoms with E-state index < -0.39 is 24.1 Å². The Morgan fingerprint density at radius 3 is 2.37 bits per heavy atom. The van der Waals surface area contributed by atoms with E-state index in [1.807, 2.05) is 20.8 Å². The van der Waals surface area contributed by atoms with E-state index in [2.05, 4.69) is 20.8 Å². The highest BCUT2D eigenvalue weighted by Gasteiger charge is 2.40. The van der Waals surface area contributed by atoms with Crippen LogP contribution in [-0.2, 0) is 20.9 Å². The van der Waals surface area contributed by atoms with Crippen LogP contribution in [0.2, 0.25) is 0 Å². The van der Waals surface area contributed by atoms with Gasteiger partial charge in [-0.2, -0.15) is 0 Å². The Labute approximate surface area is 327 Å². The summed E-state index contributed by atoms with van der Waals surface area (Å²) in [5.41, 5.74) is 3.09. The van der Waals surface area contributed by atoms with Crippen LogP contribution in [-0.4, -0.2) is 95.5 Å². The van der Waals surface area contributed by atoms with E-state index in [1.165, 1.54) is 11.0 Å². The zero-order chi connectivity index (χ0) is 40.5. The fraction of sp³-hybridized carbons (Fsp3) is 0.366. The number of nitrogens with one attached hydrogen (secondary N) is 2. The molecule has 16 heteroatoms. The van der Waals surface area contributed by atoms with Gasteiger partial charge in [-0.3, -0.25) is 39.2 Å². The lowest BCUT2D eigenvalue weighted by Crippen LogP contribution is -2.52. The Morgan fingerprint density at radius 1 is 0.947 bits per heavy atom. The summed E-state index contributed by atoms with van der Waals surface area (Å²) < 4.78 is 7.26. The van der Waals surface area contributed by atoms with E-state index >= 15 is 0 Å². The van der Waals surface area contributed by atoms with Crippen molar-refractivity contribution in [3.8, 4) is 28.6 Å². The molecular weight excluding hydrogens is 734 g/mol. The van der Waals surface area contributed by atoms with Crippen LogP contribution in [0.3, 0.4) is 0 Å². The van der Waals surface area contributed by atoms with Crippen LogP contribution in [0.1, 0.15) is 108 Å². The molecule has 0 spiro atoms. The number of carbonyl (C=O) groups excluding carboxylic acids is 6. The number of fused-ring (bicyclic) bond motifs is 1. The second-order valence-corrected chi connectivity index (χ2v) is 14.7. The number of rotatable bonds is 10. The summed E-state index contributed by atoms with van der Waals surface area (Å²) in [6, 6.07) is 13.7. The predicted molar refractivity (Wildman–Crippen MR) is 205 cm³/mol. The number of likely N-dealkylation sites (tertiary alicyclic amines) is 1. The molecule has 0 aliphatic carbocycles. The minimum absolute atomic E-state index is 0.0586. The number of hydrogen-bond acceptors (Lipinski definition) is 11. The number of aromatic hydroxyl groups is 2. The Morgan fingerprint density at radius 2 is 1.68 bits per heavy atom. The monoisotopic (exact) mass is 777 g/mol. The van der Waals surface area contributed by atoms with Crippen molar-refractivity contribution in [2.45, 2.75) is 83.9 Å². The summed E-state index contributed by atoms with van der Waals surface area (Å²) in [6.07, 6.45) is 0.800. The highest BCUT2D eigenvalue weighted by molar-refractivity contribution is 6.06. The number of ether oxygens (including phenoxy) is 1. The van der Waals surface area contributed by atoms with E-state index in [0.29, 0.717) is 66.0 Å². The molecule has 2 saturated heterocycles. The first-order valence-corrected chi connectivity index (χ1v) is 19.0. The van der Waals surface area contributed by atoms with Gasteiger partial charge in [0.1, 0.15) is 23.6 Å². The van der Waals surface area contributed by atoms with Gasteiger partial charge in [0.05, 0.1) is 5.56 Å². The molecule has 57 heavy (non-hydrogen) atoms. The molecule has 4 heterocycles. The van der Waals surface area contributed by atoms with Gasteiger partial charge in [-0.05, 0) is 66.8 Å². The van der Waals surface area contributed by atoms with Gasteiger partial charge in [0.15, 0.2) is 5.82 Å². The summed E-state index contributed by atoms with van der Waals surface area (Å²) in [4.78, 5) is 80.1. The maximum atomic E-state index is 13.6. The second-order valence-electron chi connectivity index (χ2n) is 14.7. The van der Waals surface area contributed by atoms with Crippen molar-refractivity contribution >= 4 is 41.2 Å². The maximum absolute atomic E-state index is 13.6. The van der Waals surface area contributed by atoms with Crippen molar-refractivity contribution in [3.05, 3.63) is 82.7 Å². The van der Waals surface area contributed by atoms with Gasteiger partial charge < -0.3 is 24.7 Å². The highest BCUT2D eigenvalue weighted by atomic mass is 16.6. The molecule has 0 radical (unpaired) electrons. The SMILES string of the molecule is CCCC(=O)c1nnc(-c2cc(C(C)C)c(O)cc2O)n1-c1ccc(C(=O)N2CCC(OC(=O)Nc3cccc4c3CN(C3CCC(=O)NC3=O)C4=O)CC2)cc1. The Kier molecular flexibility index (Phi) is 10.8. The van der Waals surface area contributed by atoms with Gasteiger partial charge in [-0.15, -0.1) is 10.2 Å². The van der Waals surface area contributed by atoms with E-state index in [-0.39, 0.29) is 83.9 Å². The number of phenols is 2. The van der Waals surface area contributed by atoms with E-state index in [0.717, 1.165) is 0 Å². The van der Waals surface area contributed by atoms with Crippen molar-refractivity contribution < 1.29 is 43.7 Å². The molecule has 4 aromatic rings. The topological polar surface area (TPSA) is 213 Å². The molecule has 3 aliphatic heterocycles. The molecule has 3 aliphatic rings. The lowest BCUT2D eigenvalue weighted by atomic mass is 9.98. The number of benzene rings is 3. The average Bonchev–Trinajstić information content (AvgIpc) is 3.77. The zero-order valence-electron chi connectivity index (χ0n) is 31.8. The fourth-order valence-electron chi connectivity index (χ4n) is 7.56. The summed E-state index contributed by atoms with van der Waals surface area (Å²) in [6.45, 7) is 6.45. The number of hydrogen-bond donors (Lipinski definition) is 4. The number of anilines is 1. The first-order chi connectivity index (χ1) is 27.3. The normalized spacial score (nSPS) is 17.1. The van der Waals surface area contributed by atoms with Crippen molar-refractivity contribution in [2.75, 3.05) is 18.4 Å². The van der Waals surface area contributed by atoms with Gasteiger partial charge in [0.25, 0.3) is 11.8 Å². The molecule has 0 saturated carbocycles. The molecule has 3 aromatic carbocycles. The number of carbonyl (C=O) groups is 6. The van der Waals surface area contributed by atoms with E-state index in [4.69, 9.17) is 4.74 Å². The van der Waals surface area contributed by atoms with Crippen LogP contribution in [0, 0.1) is 0 Å². The van der Waals surface area contributed by atoms with Crippen molar-refractivity contribution in [1.82, 2.24) is 29.9 Å². The largest absolute Gasteiger partial charge is 0.508 e. The molecule has 4 N–H and O–H groups in total. The minimum atomic E-state index is -0.783. The van der Waals surface area contributed by atoms with Gasteiger partial charge in [0, 0.05) is 79.4 Å². The molecule has 0 bridgehead atoms. The molecule has 7 rings (SSSR count). The van der Waals surface area contributed by atoms with Gasteiger partial charge in [0.2, 0.25) is 23.4 Å². The molecule has 1 unspecified atom stereocenters. The van der Waals surface area contributed by atoms with Crippen LogP contribution in [0.25, 0.3) is 17.1 Å². The number of Topliss-reactive ketones (excluding diaryl/α,β-unsaturated/α-hetero) is 1. The summed E-state index contributed by atoms with van der Waals surface area (Å²) in [7, 11) is 0. The zero-order valence-corrected chi connectivity index (χ0v) is 31.8. The van der Waals surface area contributed by atoms with Crippen molar-refractivity contribution in [3.63, 3.8) is 0 Å². The molecule has 296 valence electrons. The van der Waals surface area contributed by atoms with Crippen LogP contribution >= 0.6 is 0 Å². The Balaban J connectivity index is 0.993. The van der Waals surface area contributed by atoms with Crippen LogP contribution in [0.5, 0.6) is 11.5 Å². The lowest BCUT2D eigenvalue weighted by molar-refractivity contribution is -0.136. The van der Waals surface area contributed by atoms with E-state index in [1.54, 1.807) is 58.0 Å². The Hall–Kier alpha value is -6.58. The smallest absolute Gasteiger partial charge is 0.411 e. The summed E-state index contributed by atoms with van der Waals surface area (Å²) in [5.74, 6) is -1.78. The molecular formula is C41H43N7O9. The molecule has 16 nitrogen and oxygen atoms in total. The first kappa shape index (κ1) is 38.7. The number of ketones is 1. The fourth-order valence-corrected chi connectivity index (χ4v) is 7.56. The second kappa shape index (κ2) is 15.9. The molecule has 1 atom stereocenters. The summed E-state index contributed by atoms with van der Waals surface area (Å²) in [5, 5.41) is 34.7. The summed E-state index contributed by atoms with van der Waals surface area (Å²) >= 11 is 0. The minimum Gasteiger partial charge on any atom is -0.508 e. The maximum Gasteiger partial charge on any atom is 0.411 e. The van der Waals surface area contributed by atoms with Crippen molar-refractivity contribution in [1.29, 1.82) is 0 Å². The average molecular weight is 778 g/mol. The number of aromatic nitrogens is 3. The number of phenolic OH excluding ortho intramolecular Hbond substituents is 2. The molecule has 5 amide bonds. The van der Waals surface area contributed by atoms with Crippen LogP contribution in [0.15, 0.2) is 54.6 Å². The number of amides is 5. The molecule has 1 aromatic heterocycles. The van der Waals surface area contributed by atoms with Crippen LogP contribution in [0.4, 0.5) is 10.5 Å². The third-order valence-electron chi connectivity index (χ3n) is 10.6. The van der Waals surface area contributed by atoms with Gasteiger partial charge >= 0.3 is 6.09 Å². The number of imide groups is 1. The quantitative estimate of drug-likeness (QED) is 0.123. The third kappa shape index (κ3) is 7.66. The Bertz CT molecular complexity index is 2280. The third-order valence-corrected chi connectivity index (χ3v) is 10.6. The number of piperidine rings is 2. The van der Waals surface area contributed by atoms with E-state index in [9.17, 15) is 39.0 Å². The van der Waals surface area contributed by atoms with Crippen molar-refractivity contribution in [2.24, 2.45) is 0 Å². The standard InChI is InChI=1S/C41H43N7O9/c1-4-6-32(49)37-45-44-36(28-19-27(22(2)3)33(50)20-34(28)51)48(37)24-11-9-23(10-12-24)39(54)46-17-15-25(16-18-46)57-41(56)42-30-8-5-7-26-29(30)21-47(40(26)55)31-13-14-35(52)43-38(31)53/h5,7-12,19-20,22,25,31,50-51H,4,6,13-18,21H2,1-3H3,(H,42,56)(H,43,52,53). The number of nitrogens with zero attached hydrogens (tertiary/aromatic N) is 5. The lowest BCUT2D eigenvalue weighted by Gasteiger charge is -2.31. The van der Waals surface area contributed by atoms with Gasteiger partial charge in [-0.1, -0.05) is 26.8 Å². The predicted octanol–water partition coefficient (Wildman–Crippen LogP) is 5.07.